The van der Waals surface area contributed by atoms with E-state index >= 15 is 0 Å². The van der Waals surface area contributed by atoms with E-state index in [1.807, 2.05) is 0 Å². The summed E-state index contributed by atoms with van der Waals surface area (Å²) in [6, 6.07) is 4.46. The summed E-state index contributed by atoms with van der Waals surface area (Å²) in [7, 11) is 0. The van der Waals surface area contributed by atoms with E-state index in [4.69, 9.17) is 11.6 Å². The van der Waals surface area contributed by atoms with Gasteiger partial charge in [-0.2, -0.15) is 0 Å². The predicted molar refractivity (Wildman–Crippen MR) is 58.5 cm³/mol. The van der Waals surface area contributed by atoms with Crippen LogP contribution in [0, 0.1) is 11.7 Å². The van der Waals surface area contributed by atoms with Crippen molar-refractivity contribution in [3.05, 3.63) is 34.6 Å². The zero-order valence-electron chi connectivity index (χ0n) is 8.63. The van der Waals surface area contributed by atoms with Gasteiger partial charge in [-0.3, -0.25) is 0 Å². The Hall–Kier alpha value is -0.600. The highest BCUT2D eigenvalue weighted by Gasteiger charge is 2.40. The maximum Gasteiger partial charge on any atom is 0.126 e. The van der Waals surface area contributed by atoms with Gasteiger partial charge in [0.05, 0.1) is 5.60 Å². The van der Waals surface area contributed by atoms with Crippen molar-refractivity contribution in [3.63, 3.8) is 0 Å². The third kappa shape index (κ3) is 2.50. The first kappa shape index (κ1) is 10.9. The van der Waals surface area contributed by atoms with Crippen LogP contribution in [0.25, 0.3) is 0 Å². The standard InChI is InChI=1S/C12H14ClFO/c1-12(15,9-2-3-9)7-8-6-10(13)4-5-11(8)14/h4-6,9,15H,2-3,7H2,1H3. The smallest absolute Gasteiger partial charge is 0.126 e. The van der Waals surface area contributed by atoms with Gasteiger partial charge in [0.2, 0.25) is 0 Å². The second-order valence-corrected chi connectivity index (χ2v) is 4.98. The molecule has 82 valence electrons. The highest BCUT2D eigenvalue weighted by atomic mass is 35.5. The highest BCUT2D eigenvalue weighted by Crippen LogP contribution is 2.41. The molecule has 1 aromatic rings. The molecule has 0 aromatic heterocycles. The van der Waals surface area contributed by atoms with Gasteiger partial charge < -0.3 is 5.11 Å². The van der Waals surface area contributed by atoms with Crippen LogP contribution in [-0.2, 0) is 6.42 Å². The lowest BCUT2D eigenvalue weighted by molar-refractivity contribution is 0.0364. The minimum absolute atomic E-state index is 0.291. The Morgan fingerprint density at radius 2 is 2.20 bits per heavy atom. The molecule has 1 aliphatic carbocycles. The lowest BCUT2D eigenvalue weighted by atomic mass is 9.91. The molecule has 0 aliphatic heterocycles. The SMILES string of the molecule is CC(O)(Cc1cc(Cl)ccc1F)C1CC1. The third-order valence-corrected chi connectivity index (χ3v) is 3.25. The van der Waals surface area contributed by atoms with E-state index in [1.165, 1.54) is 12.1 Å². The van der Waals surface area contributed by atoms with Gasteiger partial charge in [-0.05, 0) is 49.4 Å². The summed E-state index contributed by atoms with van der Waals surface area (Å²) in [6.45, 7) is 1.77. The van der Waals surface area contributed by atoms with Gasteiger partial charge in [0.15, 0.2) is 0 Å². The summed E-state index contributed by atoms with van der Waals surface area (Å²) in [6.07, 6.45) is 2.41. The Morgan fingerprint density at radius 1 is 1.53 bits per heavy atom. The lowest BCUT2D eigenvalue weighted by Gasteiger charge is -2.23. The molecule has 0 heterocycles. The third-order valence-electron chi connectivity index (χ3n) is 3.01. The molecule has 1 nitrogen and oxygen atoms in total. The fourth-order valence-corrected chi connectivity index (χ4v) is 2.11. The molecule has 0 saturated heterocycles. The van der Waals surface area contributed by atoms with Crippen LogP contribution in [0.5, 0.6) is 0 Å². The Labute approximate surface area is 93.9 Å². The van der Waals surface area contributed by atoms with Crippen molar-refractivity contribution in [1.82, 2.24) is 0 Å². The minimum Gasteiger partial charge on any atom is -0.390 e. The first-order chi connectivity index (χ1) is 6.99. The molecule has 0 bridgehead atoms. The van der Waals surface area contributed by atoms with Crippen LogP contribution in [0.2, 0.25) is 5.02 Å². The molecule has 1 unspecified atom stereocenters. The van der Waals surface area contributed by atoms with Crippen molar-refractivity contribution in [1.29, 1.82) is 0 Å². The van der Waals surface area contributed by atoms with Gasteiger partial charge in [0, 0.05) is 11.4 Å². The summed E-state index contributed by atoms with van der Waals surface area (Å²) in [4.78, 5) is 0. The molecule has 0 radical (unpaired) electrons. The van der Waals surface area contributed by atoms with Gasteiger partial charge in [-0.1, -0.05) is 11.6 Å². The average Bonchev–Trinajstić information content (AvgIpc) is 2.93. The average molecular weight is 229 g/mol. The van der Waals surface area contributed by atoms with Crippen LogP contribution in [0.4, 0.5) is 4.39 Å². The molecular weight excluding hydrogens is 215 g/mol. The van der Waals surface area contributed by atoms with E-state index in [9.17, 15) is 9.50 Å². The normalized spacial score (nSPS) is 20.0. The number of benzene rings is 1. The topological polar surface area (TPSA) is 20.2 Å². The Balaban J connectivity index is 2.19. The van der Waals surface area contributed by atoms with Gasteiger partial charge in [-0.15, -0.1) is 0 Å². The lowest BCUT2D eigenvalue weighted by Crippen LogP contribution is -2.30. The van der Waals surface area contributed by atoms with Gasteiger partial charge in [0.25, 0.3) is 0 Å². The summed E-state index contributed by atoms with van der Waals surface area (Å²) in [5.41, 5.74) is -0.301. The first-order valence-electron chi connectivity index (χ1n) is 5.15. The quantitative estimate of drug-likeness (QED) is 0.843. The van der Waals surface area contributed by atoms with E-state index < -0.39 is 5.60 Å². The van der Waals surface area contributed by atoms with E-state index in [0.29, 0.717) is 22.9 Å². The molecule has 1 aliphatic rings. The van der Waals surface area contributed by atoms with Crippen molar-refractivity contribution in [3.8, 4) is 0 Å². The van der Waals surface area contributed by atoms with Gasteiger partial charge in [-0.25, -0.2) is 4.39 Å². The molecule has 1 N–H and O–H groups in total. The zero-order valence-corrected chi connectivity index (χ0v) is 9.39. The number of hydrogen-bond acceptors (Lipinski definition) is 1. The number of hydrogen-bond donors (Lipinski definition) is 1. The summed E-state index contributed by atoms with van der Waals surface area (Å²) >= 11 is 5.79. The van der Waals surface area contributed by atoms with Gasteiger partial charge >= 0.3 is 0 Å². The Bertz CT molecular complexity index is 372. The largest absolute Gasteiger partial charge is 0.390 e. The Morgan fingerprint density at radius 3 is 2.80 bits per heavy atom. The highest BCUT2D eigenvalue weighted by molar-refractivity contribution is 6.30. The molecule has 3 heteroatoms. The second-order valence-electron chi connectivity index (χ2n) is 4.54. The van der Waals surface area contributed by atoms with E-state index in [0.717, 1.165) is 12.8 Å². The van der Waals surface area contributed by atoms with E-state index in [2.05, 4.69) is 0 Å². The van der Waals surface area contributed by atoms with Crippen LogP contribution < -0.4 is 0 Å². The number of halogens is 2. The second kappa shape index (κ2) is 3.76. The van der Waals surface area contributed by atoms with Crippen molar-refractivity contribution in [2.45, 2.75) is 31.8 Å². The first-order valence-corrected chi connectivity index (χ1v) is 5.53. The summed E-state index contributed by atoms with van der Waals surface area (Å²) in [5, 5.41) is 10.6. The molecule has 0 spiro atoms. The Kier molecular flexibility index (Phi) is 2.73. The molecule has 15 heavy (non-hydrogen) atoms. The van der Waals surface area contributed by atoms with Crippen LogP contribution >= 0.6 is 11.6 Å². The molecule has 2 rings (SSSR count). The molecule has 1 aromatic carbocycles. The fraction of sp³-hybridized carbons (Fsp3) is 0.500. The maximum atomic E-state index is 13.4. The van der Waals surface area contributed by atoms with Crippen LogP contribution in [-0.4, -0.2) is 10.7 Å². The molecular formula is C12H14ClFO. The van der Waals surface area contributed by atoms with Crippen molar-refractivity contribution in [2.75, 3.05) is 0 Å². The molecule has 1 saturated carbocycles. The molecule has 1 fully saturated rings. The van der Waals surface area contributed by atoms with Crippen molar-refractivity contribution < 1.29 is 9.50 Å². The fourth-order valence-electron chi connectivity index (χ4n) is 1.91. The van der Waals surface area contributed by atoms with Crippen LogP contribution in [0.3, 0.4) is 0 Å². The van der Waals surface area contributed by atoms with Crippen LogP contribution in [0.1, 0.15) is 25.3 Å². The van der Waals surface area contributed by atoms with E-state index in [1.54, 1.807) is 13.0 Å². The van der Waals surface area contributed by atoms with Gasteiger partial charge in [0.1, 0.15) is 5.82 Å². The summed E-state index contributed by atoms with van der Waals surface area (Å²) < 4.78 is 13.4. The predicted octanol–water partition coefficient (Wildman–Crippen LogP) is 3.18. The minimum atomic E-state index is -0.800. The number of rotatable bonds is 3. The molecule has 1 atom stereocenters. The van der Waals surface area contributed by atoms with Crippen LogP contribution in [0.15, 0.2) is 18.2 Å². The van der Waals surface area contributed by atoms with E-state index in [-0.39, 0.29) is 5.82 Å². The maximum absolute atomic E-state index is 13.4. The van der Waals surface area contributed by atoms with Crippen molar-refractivity contribution >= 4 is 11.6 Å². The monoisotopic (exact) mass is 228 g/mol. The summed E-state index contributed by atoms with van der Waals surface area (Å²) in [5.74, 6) is 0.0243. The van der Waals surface area contributed by atoms with Crippen molar-refractivity contribution in [2.24, 2.45) is 5.92 Å². The molecule has 0 amide bonds. The zero-order chi connectivity index (χ0) is 11.1. The number of aliphatic hydroxyl groups is 1.